The first-order valence-corrected chi connectivity index (χ1v) is 6.68. The Bertz CT molecular complexity index is 423. The minimum atomic E-state index is -4.29. The van der Waals surface area contributed by atoms with E-state index in [1.54, 1.807) is 12.1 Å². The summed E-state index contributed by atoms with van der Waals surface area (Å²) < 4.78 is 39.5. The van der Waals surface area contributed by atoms with Gasteiger partial charge in [0.1, 0.15) is 0 Å². The normalized spacial score (nSPS) is 16.1. The molecule has 1 aliphatic heterocycles. The third-order valence-electron chi connectivity index (χ3n) is 3.39. The molecule has 106 valence electrons. The van der Waals surface area contributed by atoms with E-state index in [-0.39, 0.29) is 0 Å². The van der Waals surface area contributed by atoms with Crippen molar-refractivity contribution in [2.45, 2.75) is 32.5 Å². The van der Waals surface area contributed by atoms with Crippen LogP contribution in [0.2, 0.25) is 0 Å². The summed E-state index contributed by atoms with van der Waals surface area (Å²) in [6, 6.07) is 4.67. The molecule has 0 radical (unpaired) electrons. The SMILES string of the molecule is CCNCc1ccc(N2CCCC2)c(C(F)(F)F)c1. The van der Waals surface area contributed by atoms with Crippen molar-refractivity contribution >= 4 is 5.69 Å². The van der Waals surface area contributed by atoms with Gasteiger partial charge in [0.2, 0.25) is 0 Å². The van der Waals surface area contributed by atoms with Crippen LogP contribution in [0.15, 0.2) is 18.2 Å². The lowest BCUT2D eigenvalue weighted by Crippen LogP contribution is -2.22. The number of nitrogens with zero attached hydrogens (tertiary/aromatic N) is 1. The fourth-order valence-corrected chi connectivity index (χ4v) is 2.42. The van der Waals surface area contributed by atoms with Crippen LogP contribution in [0.4, 0.5) is 18.9 Å². The third kappa shape index (κ3) is 3.41. The van der Waals surface area contributed by atoms with Gasteiger partial charge in [0.15, 0.2) is 0 Å². The molecule has 1 aliphatic rings. The van der Waals surface area contributed by atoms with Crippen LogP contribution < -0.4 is 10.2 Å². The molecule has 1 aromatic carbocycles. The Morgan fingerprint density at radius 3 is 2.47 bits per heavy atom. The fraction of sp³-hybridized carbons (Fsp3) is 0.571. The molecule has 0 unspecified atom stereocenters. The summed E-state index contributed by atoms with van der Waals surface area (Å²) in [5.74, 6) is 0. The van der Waals surface area contributed by atoms with Crippen molar-refractivity contribution in [2.24, 2.45) is 0 Å². The van der Waals surface area contributed by atoms with Crippen LogP contribution in [0.5, 0.6) is 0 Å². The summed E-state index contributed by atoms with van der Waals surface area (Å²) >= 11 is 0. The maximum absolute atomic E-state index is 13.2. The molecule has 1 aromatic rings. The number of hydrogen-bond acceptors (Lipinski definition) is 2. The molecule has 1 saturated heterocycles. The predicted octanol–water partition coefficient (Wildman–Crippen LogP) is 3.42. The topological polar surface area (TPSA) is 15.3 Å². The van der Waals surface area contributed by atoms with E-state index in [2.05, 4.69) is 5.32 Å². The van der Waals surface area contributed by atoms with Gasteiger partial charge in [0.05, 0.1) is 5.56 Å². The van der Waals surface area contributed by atoms with Crippen LogP contribution in [0, 0.1) is 0 Å². The van der Waals surface area contributed by atoms with Crippen molar-refractivity contribution in [3.05, 3.63) is 29.3 Å². The van der Waals surface area contributed by atoms with Gasteiger partial charge in [-0.25, -0.2) is 0 Å². The second kappa shape index (κ2) is 5.82. The first kappa shape index (κ1) is 14.2. The molecule has 1 heterocycles. The largest absolute Gasteiger partial charge is 0.418 e. The first-order chi connectivity index (χ1) is 9.02. The van der Waals surface area contributed by atoms with Crippen molar-refractivity contribution in [2.75, 3.05) is 24.5 Å². The minimum Gasteiger partial charge on any atom is -0.371 e. The quantitative estimate of drug-likeness (QED) is 0.903. The molecule has 0 amide bonds. The zero-order chi connectivity index (χ0) is 13.9. The highest BCUT2D eigenvalue weighted by molar-refractivity contribution is 5.57. The lowest BCUT2D eigenvalue weighted by atomic mass is 10.1. The van der Waals surface area contributed by atoms with Gasteiger partial charge >= 0.3 is 6.18 Å². The predicted molar refractivity (Wildman–Crippen MR) is 70.3 cm³/mol. The molecule has 0 bridgehead atoms. The smallest absolute Gasteiger partial charge is 0.371 e. The number of halogens is 3. The maximum Gasteiger partial charge on any atom is 0.418 e. The van der Waals surface area contributed by atoms with Crippen LogP contribution >= 0.6 is 0 Å². The highest BCUT2D eigenvalue weighted by Crippen LogP contribution is 2.38. The van der Waals surface area contributed by atoms with Crippen LogP contribution in [0.1, 0.15) is 30.9 Å². The van der Waals surface area contributed by atoms with Gasteiger partial charge in [-0.05, 0) is 37.1 Å². The minimum absolute atomic E-state index is 0.324. The van der Waals surface area contributed by atoms with Crippen molar-refractivity contribution in [3.63, 3.8) is 0 Å². The molecular weight excluding hydrogens is 253 g/mol. The molecule has 2 rings (SSSR count). The van der Waals surface area contributed by atoms with Crippen molar-refractivity contribution < 1.29 is 13.2 Å². The zero-order valence-corrected chi connectivity index (χ0v) is 11.1. The number of rotatable bonds is 4. The zero-order valence-electron chi connectivity index (χ0n) is 11.1. The molecule has 0 aliphatic carbocycles. The molecule has 2 nitrogen and oxygen atoms in total. The summed E-state index contributed by atoms with van der Waals surface area (Å²) in [4.78, 5) is 1.83. The van der Waals surface area contributed by atoms with Crippen molar-refractivity contribution in [3.8, 4) is 0 Å². The van der Waals surface area contributed by atoms with E-state index in [1.165, 1.54) is 6.07 Å². The number of anilines is 1. The van der Waals surface area contributed by atoms with E-state index in [0.29, 0.717) is 17.8 Å². The molecule has 0 aromatic heterocycles. The average Bonchev–Trinajstić information content (AvgIpc) is 2.88. The van der Waals surface area contributed by atoms with Gasteiger partial charge < -0.3 is 10.2 Å². The number of hydrogen-bond donors (Lipinski definition) is 1. The van der Waals surface area contributed by atoms with Crippen LogP contribution in [0.25, 0.3) is 0 Å². The summed E-state index contributed by atoms with van der Waals surface area (Å²) in [6.45, 7) is 4.59. The van der Waals surface area contributed by atoms with E-state index in [1.807, 2.05) is 11.8 Å². The number of nitrogens with one attached hydrogen (secondary N) is 1. The fourth-order valence-electron chi connectivity index (χ4n) is 2.42. The number of benzene rings is 1. The molecule has 5 heteroatoms. The Kier molecular flexibility index (Phi) is 4.34. The Labute approximate surface area is 111 Å². The van der Waals surface area contributed by atoms with Gasteiger partial charge in [-0.1, -0.05) is 13.0 Å². The second-order valence-corrected chi connectivity index (χ2v) is 4.82. The Morgan fingerprint density at radius 1 is 1.21 bits per heavy atom. The molecule has 19 heavy (non-hydrogen) atoms. The maximum atomic E-state index is 13.2. The Balaban J connectivity index is 2.31. The van der Waals surface area contributed by atoms with E-state index in [4.69, 9.17) is 0 Å². The standard InChI is InChI=1S/C14H19F3N2/c1-2-18-10-11-5-6-13(19-7-3-4-8-19)12(9-11)14(15,16)17/h5-6,9,18H,2-4,7-8,10H2,1H3. The van der Waals surface area contributed by atoms with Crippen molar-refractivity contribution in [1.29, 1.82) is 0 Å². The van der Waals surface area contributed by atoms with Gasteiger partial charge in [-0.2, -0.15) is 13.2 Å². The second-order valence-electron chi connectivity index (χ2n) is 4.82. The molecule has 1 N–H and O–H groups in total. The first-order valence-electron chi connectivity index (χ1n) is 6.68. The highest BCUT2D eigenvalue weighted by Gasteiger charge is 2.35. The lowest BCUT2D eigenvalue weighted by Gasteiger charge is -2.23. The van der Waals surface area contributed by atoms with Gasteiger partial charge in [-0.15, -0.1) is 0 Å². The van der Waals surface area contributed by atoms with E-state index < -0.39 is 11.7 Å². The Hall–Kier alpha value is -1.23. The summed E-state index contributed by atoms with van der Waals surface area (Å²) in [5, 5.41) is 3.05. The third-order valence-corrected chi connectivity index (χ3v) is 3.39. The average molecular weight is 272 g/mol. The van der Waals surface area contributed by atoms with Gasteiger partial charge in [-0.3, -0.25) is 0 Å². The van der Waals surface area contributed by atoms with Gasteiger partial charge in [0.25, 0.3) is 0 Å². The molecular formula is C14H19F3N2. The molecule has 1 fully saturated rings. The van der Waals surface area contributed by atoms with Crippen molar-refractivity contribution in [1.82, 2.24) is 5.32 Å². The van der Waals surface area contributed by atoms with Gasteiger partial charge in [0, 0.05) is 25.3 Å². The summed E-state index contributed by atoms with van der Waals surface area (Å²) in [7, 11) is 0. The van der Waals surface area contributed by atoms with Crippen LogP contribution in [-0.2, 0) is 12.7 Å². The van der Waals surface area contributed by atoms with Crippen LogP contribution in [0.3, 0.4) is 0 Å². The monoisotopic (exact) mass is 272 g/mol. The van der Waals surface area contributed by atoms with E-state index in [0.717, 1.165) is 32.5 Å². The molecule has 0 saturated carbocycles. The molecule has 0 spiro atoms. The van der Waals surface area contributed by atoms with E-state index in [9.17, 15) is 13.2 Å². The summed E-state index contributed by atoms with van der Waals surface area (Å²) in [6.07, 6.45) is -2.35. The lowest BCUT2D eigenvalue weighted by molar-refractivity contribution is -0.137. The molecule has 0 atom stereocenters. The van der Waals surface area contributed by atoms with Crippen LogP contribution in [-0.4, -0.2) is 19.6 Å². The highest BCUT2D eigenvalue weighted by atomic mass is 19.4. The Morgan fingerprint density at radius 2 is 1.89 bits per heavy atom. The summed E-state index contributed by atoms with van der Waals surface area (Å²) in [5.41, 5.74) is 0.493. The van der Waals surface area contributed by atoms with E-state index >= 15 is 0 Å². The number of alkyl halides is 3.